The van der Waals surface area contributed by atoms with E-state index in [1.807, 2.05) is 0 Å². The van der Waals surface area contributed by atoms with Crippen molar-refractivity contribution in [2.24, 2.45) is 0 Å². The van der Waals surface area contributed by atoms with E-state index in [2.05, 4.69) is 19.7 Å². The molecule has 3 rings (SSSR count). The third-order valence-electron chi connectivity index (χ3n) is 3.76. The number of benzene rings is 1. The van der Waals surface area contributed by atoms with Crippen molar-refractivity contribution in [2.45, 2.75) is 25.9 Å². The fourth-order valence-corrected chi connectivity index (χ4v) is 2.55. The lowest BCUT2D eigenvalue weighted by Crippen LogP contribution is -2.34. The van der Waals surface area contributed by atoms with Gasteiger partial charge in [0.25, 0.3) is 0 Å². The van der Waals surface area contributed by atoms with E-state index in [0.717, 1.165) is 38.4 Å². The number of rotatable bonds is 5. The zero-order valence-corrected chi connectivity index (χ0v) is 11.7. The van der Waals surface area contributed by atoms with Gasteiger partial charge in [0.15, 0.2) is 5.78 Å². The maximum absolute atomic E-state index is 12.8. The lowest BCUT2D eigenvalue weighted by molar-refractivity contribution is 0.0972. The van der Waals surface area contributed by atoms with Gasteiger partial charge in [-0.3, -0.25) is 9.69 Å². The average molecular weight is 288 g/mol. The van der Waals surface area contributed by atoms with Gasteiger partial charge in [-0.2, -0.15) is 0 Å². The Labute approximate surface area is 122 Å². The Balaban J connectivity index is 1.46. The second kappa shape index (κ2) is 6.13. The Morgan fingerprint density at radius 1 is 1.24 bits per heavy atom. The molecule has 1 aliphatic rings. The van der Waals surface area contributed by atoms with E-state index < -0.39 is 0 Å². The van der Waals surface area contributed by atoms with Crippen LogP contribution >= 0.6 is 0 Å². The summed E-state index contributed by atoms with van der Waals surface area (Å²) in [6.45, 7) is 3.49. The summed E-state index contributed by atoms with van der Waals surface area (Å²) >= 11 is 0. The second-order valence-corrected chi connectivity index (χ2v) is 5.25. The zero-order valence-electron chi connectivity index (χ0n) is 11.7. The largest absolute Gasteiger partial charge is 0.315 e. The smallest absolute Gasteiger partial charge is 0.162 e. The molecule has 110 valence electrons. The van der Waals surface area contributed by atoms with Crippen molar-refractivity contribution in [3.05, 3.63) is 47.8 Å². The molecule has 1 aromatic heterocycles. The maximum atomic E-state index is 12.8. The molecule has 2 heterocycles. The number of Topliss-reactive ketones (excluding diaryl/α,β-unsaturated/α-hetero) is 1. The molecule has 0 bridgehead atoms. The van der Waals surface area contributed by atoms with Gasteiger partial charge in [0.1, 0.15) is 18.0 Å². The molecule has 0 fully saturated rings. The first-order valence-electron chi connectivity index (χ1n) is 7.10. The number of hydrogen-bond donors (Lipinski definition) is 0. The number of carbonyl (C=O) groups excluding carboxylic acids is 1. The highest BCUT2D eigenvalue weighted by molar-refractivity contribution is 5.95. The molecule has 21 heavy (non-hydrogen) atoms. The van der Waals surface area contributed by atoms with Gasteiger partial charge >= 0.3 is 0 Å². The van der Waals surface area contributed by atoms with Crippen LogP contribution in [0.5, 0.6) is 0 Å². The summed E-state index contributed by atoms with van der Waals surface area (Å²) < 4.78 is 14.9. The summed E-state index contributed by atoms with van der Waals surface area (Å²) in [5, 5.41) is 7.97. The fraction of sp³-hybridized carbons (Fsp3) is 0.400. The molecule has 5 nitrogen and oxygen atoms in total. The van der Waals surface area contributed by atoms with Crippen LogP contribution in [-0.2, 0) is 13.1 Å². The molecule has 0 spiro atoms. The van der Waals surface area contributed by atoms with E-state index in [0.29, 0.717) is 12.0 Å². The van der Waals surface area contributed by atoms with Crippen LogP contribution < -0.4 is 0 Å². The van der Waals surface area contributed by atoms with E-state index in [-0.39, 0.29) is 11.6 Å². The van der Waals surface area contributed by atoms with E-state index in [4.69, 9.17) is 0 Å². The highest BCUT2D eigenvalue weighted by Crippen LogP contribution is 2.11. The number of halogens is 1. The molecule has 2 aromatic rings. The monoisotopic (exact) mass is 288 g/mol. The summed E-state index contributed by atoms with van der Waals surface area (Å²) in [5.41, 5.74) is 0.579. The summed E-state index contributed by atoms with van der Waals surface area (Å²) in [6.07, 6.45) is 3.03. The van der Waals surface area contributed by atoms with Crippen molar-refractivity contribution in [3.63, 3.8) is 0 Å². The first kappa shape index (κ1) is 13.9. The maximum Gasteiger partial charge on any atom is 0.162 e. The van der Waals surface area contributed by atoms with E-state index >= 15 is 0 Å². The second-order valence-electron chi connectivity index (χ2n) is 5.25. The fourth-order valence-electron chi connectivity index (χ4n) is 2.55. The summed E-state index contributed by atoms with van der Waals surface area (Å²) in [6, 6.07) is 5.73. The number of fused-ring (bicyclic) bond motifs is 1. The Morgan fingerprint density at radius 3 is 2.86 bits per heavy atom. The number of aromatic nitrogens is 3. The highest BCUT2D eigenvalue weighted by Gasteiger charge is 2.17. The van der Waals surface area contributed by atoms with E-state index in [9.17, 15) is 9.18 Å². The third kappa shape index (κ3) is 3.33. The van der Waals surface area contributed by atoms with Crippen LogP contribution in [0, 0.1) is 5.82 Å². The SMILES string of the molecule is O=C(CCCN1CCn2cnnc2C1)c1ccc(F)cc1. The van der Waals surface area contributed by atoms with E-state index in [1.54, 1.807) is 18.5 Å². The summed E-state index contributed by atoms with van der Waals surface area (Å²) in [7, 11) is 0. The van der Waals surface area contributed by atoms with Crippen molar-refractivity contribution < 1.29 is 9.18 Å². The Bertz CT molecular complexity index is 623. The molecular weight excluding hydrogens is 271 g/mol. The molecule has 0 saturated carbocycles. The minimum atomic E-state index is -0.316. The third-order valence-corrected chi connectivity index (χ3v) is 3.76. The Kier molecular flexibility index (Phi) is 4.06. The predicted molar refractivity (Wildman–Crippen MR) is 75.3 cm³/mol. The van der Waals surface area contributed by atoms with Gasteiger partial charge in [-0.25, -0.2) is 4.39 Å². The van der Waals surface area contributed by atoms with Crippen molar-refractivity contribution in [2.75, 3.05) is 13.1 Å². The van der Waals surface area contributed by atoms with Crippen LogP contribution in [0.3, 0.4) is 0 Å². The molecule has 0 amide bonds. The number of hydrogen-bond acceptors (Lipinski definition) is 4. The normalized spacial score (nSPS) is 14.9. The Morgan fingerprint density at radius 2 is 2.05 bits per heavy atom. The zero-order chi connectivity index (χ0) is 14.7. The molecule has 0 aliphatic carbocycles. The minimum Gasteiger partial charge on any atom is -0.315 e. The molecule has 1 aromatic carbocycles. The van der Waals surface area contributed by atoms with Crippen molar-refractivity contribution in [1.82, 2.24) is 19.7 Å². The molecule has 0 saturated heterocycles. The van der Waals surface area contributed by atoms with Gasteiger partial charge in [-0.1, -0.05) is 0 Å². The molecule has 1 aliphatic heterocycles. The molecule has 0 unspecified atom stereocenters. The summed E-state index contributed by atoms with van der Waals surface area (Å²) in [5.74, 6) is 0.727. The van der Waals surface area contributed by atoms with Gasteiger partial charge in [-0.05, 0) is 37.2 Å². The lowest BCUT2D eigenvalue weighted by atomic mass is 10.1. The van der Waals surface area contributed by atoms with Gasteiger partial charge in [-0.15, -0.1) is 10.2 Å². The van der Waals surface area contributed by atoms with Crippen LogP contribution in [-0.4, -0.2) is 38.5 Å². The van der Waals surface area contributed by atoms with Crippen molar-refractivity contribution >= 4 is 5.78 Å². The van der Waals surface area contributed by atoms with Gasteiger partial charge in [0.2, 0.25) is 0 Å². The first-order chi connectivity index (χ1) is 10.2. The van der Waals surface area contributed by atoms with Crippen LogP contribution in [0.25, 0.3) is 0 Å². The van der Waals surface area contributed by atoms with E-state index in [1.165, 1.54) is 12.1 Å². The quantitative estimate of drug-likeness (QED) is 0.788. The van der Waals surface area contributed by atoms with Crippen LogP contribution in [0.4, 0.5) is 4.39 Å². The van der Waals surface area contributed by atoms with Crippen molar-refractivity contribution in [3.8, 4) is 0 Å². The molecular formula is C15H17FN4O. The predicted octanol–water partition coefficient (Wildman–Crippen LogP) is 1.90. The van der Waals surface area contributed by atoms with Crippen LogP contribution in [0.15, 0.2) is 30.6 Å². The Hall–Kier alpha value is -2.08. The van der Waals surface area contributed by atoms with Crippen LogP contribution in [0.2, 0.25) is 0 Å². The molecule has 0 radical (unpaired) electrons. The topological polar surface area (TPSA) is 51.0 Å². The number of carbonyl (C=O) groups is 1. The first-order valence-corrected chi connectivity index (χ1v) is 7.10. The number of ketones is 1. The number of nitrogens with zero attached hydrogens (tertiary/aromatic N) is 4. The van der Waals surface area contributed by atoms with Crippen molar-refractivity contribution in [1.29, 1.82) is 0 Å². The average Bonchev–Trinajstić information content (AvgIpc) is 2.95. The summed E-state index contributed by atoms with van der Waals surface area (Å²) in [4.78, 5) is 14.3. The molecule has 0 atom stereocenters. The van der Waals surface area contributed by atoms with Gasteiger partial charge < -0.3 is 4.57 Å². The molecule has 6 heteroatoms. The minimum absolute atomic E-state index is 0.0650. The standard InChI is InChI=1S/C15H17FN4O/c16-13-5-3-12(4-6-13)14(21)2-1-7-19-8-9-20-11-17-18-15(20)10-19/h3-6,11H,1-2,7-10H2. The molecule has 0 N–H and O–H groups in total. The highest BCUT2D eigenvalue weighted by atomic mass is 19.1. The van der Waals surface area contributed by atoms with Gasteiger partial charge in [0, 0.05) is 25.1 Å². The lowest BCUT2D eigenvalue weighted by Gasteiger charge is -2.26. The van der Waals surface area contributed by atoms with Gasteiger partial charge in [0.05, 0.1) is 6.54 Å². The van der Waals surface area contributed by atoms with Crippen LogP contribution in [0.1, 0.15) is 29.0 Å².